The van der Waals surface area contributed by atoms with E-state index in [1.54, 1.807) is 11.3 Å². The molecular formula is C15H20N2OS. The molecule has 0 spiro atoms. The summed E-state index contributed by atoms with van der Waals surface area (Å²) in [5.74, 6) is 0. The Bertz CT molecular complexity index is 510. The number of benzene rings is 1. The Morgan fingerprint density at radius 3 is 2.68 bits per heavy atom. The number of hydrogen-bond acceptors (Lipinski definition) is 4. The van der Waals surface area contributed by atoms with E-state index in [-0.39, 0.29) is 6.10 Å². The van der Waals surface area contributed by atoms with Crippen LogP contribution < -0.4 is 5.32 Å². The summed E-state index contributed by atoms with van der Waals surface area (Å²) in [5.41, 5.74) is 2.25. The monoisotopic (exact) mass is 276 g/mol. The molecule has 0 aliphatic heterocycles. The summed E-state index contributed by atoms with van der Waals surface area (Å²) in [7, 11) is 1.95. The summed E-state index contributed by atoms with van der Waals surface area (Å²) in [4.78, 5) is 5.95. The quantitative estimate of drug-likeness (QED) is 0.879. The van der Waals surface area contributed by atoms with Crippen LogP contribution in [0.4, 0.5) is 0 Å². The van der Waals surface area contributed by atoms with Gasteiger partial charge in [-0.15, -0.1) is 11.3 Å². The van der Waals surface area contributed by atoms with Gasteiger partial charge in [0.05, 0.1) is 5.69 Å². The van der Waals surface area contributed by atoms with E-state index in [1.807, 2.05) is 32.2 Å². The van der Waals surface area contributed by atoms with Crippen LogP contribution >= 0.6 is 11.3 Å². The maximum atomic E-state index is 5.89. The highest BCUT2D eigenvalue weighted by atomic mass is 32.1. The lowest BCUT2D eigenvalue weighted by atomic mass is 10.1. The van der Waals surface area contributed by atoms with Gasteiger partial charge in [0.25, 0.3) is 0 Å². The molecule has 0 radical (unpaired) electrons. The van der Waals surface area contributed by atoms with Gasteiger partial charge in [0.1, 0.15) is 11.1 Å². The van der Waals surface area contributed by atoms with Gasteiger partial charge in [0, 0.05) is 18.0 Å². The Morgan fingerprint density at radius 1 is 1.32 bits per heavy atom. The van der Waals surface area contributed by atoms with E-state index in [1.165, 1.54) is 4.88 Å². The molecule has 2 aromatic rings. The Hall–Kier alpha value is -1.23. The summed E-state index contributed by atoms with van der Waals surface area (Å²) >= 11 is 1.73. The fraction of sp³-hybridized carbons (Fsp3) is 0.400. The standard InChI is InChI=1S/C15H20N2OS/c1-4-18-14(12-8-6-5-7-9-12)15-17-11(2)13(19-15)10-16-3/h5-9,14,16H,4,10H2,1-3H3. The summed E-state index contributed by atoms with van der Waals surface area (Å²) in [6, 6.07) is 10.3. The van der Waals surface area contributed by atoms with Crippen LogP contribution in [0, 0.1) is 6.92 Å². The molecule has 1 N–H and O–H groups in total. The smallest absolute Gasteiger partial charge is 0.134 e. The number of rotatable bonds is 6. The van der Waals surface area contributed by atoms with Gasteiger partial charge in [-0.3, -0.25) is 0 Å². The summed E-state index contributed by atoms with van der Waals surface area (Å²) in [6.45, 7) is 5.61. The highest BCUT2D eigenvalue weighted by molar-refractivity contribution is 7.11. The predicted molar refractivity (Wildman–Crippen MR) is 79.5 cm³/mol. The molecule has 2 rings (SSSR count). The molecule has 0 aliphatic rings. The molecule has 1 atom stereocenters. The van der Waals surface area contributed by atoms with E-state index in [9.17, 15) is 0 Å². The van der Waals surface area contributed by atoms with Crippen LogP contribution in [0.1, 0.15) is 34.2 Å². The molecule has 0 fully saturated rings. The first kappa shape index (κ1) is 14.2. The molecule has 4 heteroatoms. The van der Waals surface area contributed by atoms with Crippen molar-refractivity contribution in [1.29, 1.82) is 0 Å². The zero-order chi connectivity index (χ0) is 13.7. The van der Waals surface area contributed by atoms with Gasteiger partial charge in [-0.1, -0.05) is 30.3 Å². The lowest BCUT2D eigenvalue weighted by Crippen LogP contribution is -2.05. The first-order chi connectivity index (χ1) is 9.26. The normalized spacial score (nSPS) is 12.6. The Labute approximate surface area is 118 Å². The molecule has 0 bridgehead atoms. The SMILES string of the molecule is CCOC(c1ccccc1)c1nc(C)c(CNC)s1. The van der Waals surface area contributed by atoms with Crippen LogP contribution in [-0.4, -0.2) is 18.6 Å². The van der Waals surface area contributed by atoms with Crippen LogP contribution in [0.2, 0.25) is 0 Å². The Balaban J connectivity index is 2.31. The van der Waals surface area contributed by atoms with Crippen LogP contribution in [0.25, 0.3) is 0 Å². The van der Waals surface area contributed by atoms with Crippen molar-refractivity contribution in [3.05, 3.63) is 51.5 Å². The molecule has 1 aromatic carbocycles. The van der Waals surface area contributed by atoms with Crippen molar-refractivity contribution in [2.24, 2.45) is 0 Å². The first-order valence-corrected chi connectivity index (χ1v) is 7.35. The number of ether oxygens (including phenoxy) is 1. The zero-order valence-electron chi connectivity index (χ0n) is 11.6. The van der Waals surface area contributed by atoms with Gasteiger partial charge in [0.15, 0.2) is 0 Å². The highest BCUT2D eigenvalue weighted by Crippen LogP contribution is 2.31. The zero-order valence-corrected chi connectivity index (χ0v) is 12.5. The molecule has 0 saturated heterocycles. The van der Waals surface area contributed by atoms with Crippen molar-refractivity contribution in [2.75, 3.05) is 13.7 Å². The molecule has 0 aliphatic carbocycles. The molecule has 3 nitrogen and oxygen atoms in total. The molecule has 1 heterocycles. The van der Waals surface area contributed by atoms with Crippen molar-refractivity contribution >= 4 is 11.3 Å². The van der Waals surface area contributed by atoms with Crippen LogP contribution in [-0.2, 0) is 11.3 Å². The lowest BCUT2D eigenvalue weighted by molar-refractivity contribution is 0.0911. The fourth-order valence-electron chi connectivity index (χ4n) is 1.99. The third-order valence-corrected chi connectivity index (χ3v) is 4.11. The van der Waals surface area contributed by atoms with Gasteiger partial charge in [-0.05, 0) is 26.5 Å². The Morgan fingerprint density at radius 2 is 2.05 bits per heavy atom. The molecule has 0 saturated carbocycles. The average molecular weight is 276 g/mol. The minimum Gasteiger partial charge on any atom is -0.367 e. The van der Waals surface area contributed by atoms with E-state index >= 15 is 0 Å². The van der Waals surface area contributed by atoms with Crippen molar-refractivity contribution in [3.63, 3.8) is 0 Å². The predicted octanol–water partition coefficient (Wildman–Crippen LogP) is 3.30. The van der Waals surface area contributed by atoms with E-state index in [2.05, 4.69) is 29.4 Å². The molecule has 102 valence electrons. The fourth-order valence-corrected chi connectivity index (χ4v) is 3.15. The summed E-state index contributed by atoms with van der Waals surface area (Å²) < 4.78 is 5.89. The second kappa shape index (κ2) is 6.80. The van der Waals surface area contributed by atoms with E-state index in [0.29, 0.717) is 6.61 Å². The van der Waals surface area contributed by atoms with Crippen molar-refractivity contribution in [1.82, 2.24) is 10.3 Å². The van der Waals surface area contributed by atoms with Gasteiger partial charge in [-0.25, -0.2) is 4.98 Å². The van der Waals surface area contributed by atoms with Gasteiger partial charge in [-0.2, -0.15) is 0 Å². The lowest BCUT2D eigenvalue weighted by Gasteiger charge is -2.14. The number of aryl methyl sites for hydroxylation is 1. The number of aromatic nitrogens is 1. The van der Waals surface area contributed by atoms with Crippen molar-refractivity contribution < 1.29 is 4.74 Å². The second-order valence-electron chi connectivity index (χ2n) is 4.34. The number of nitrogens with zero attached hydrogens (tertiary/aromatic N) is 1. The van der Waals surface area contributed by atoms with E-state index in [4.69, 9.17) is 4.74 Å². The molecule has 1 aromatic heterocycles. The molecule has 19 heavy (non-hydrogen) atoms. The number of nitrogens with one attached hydrogen (secondary N) is 1. The van der Waals surface area contributed by atoms with Gasteiger partial charge < -0.3 is 10.1 Å². The highest BCUT2D eigenvalue weighted by Gasteiger charge is 2.19. The minimum absolute atomic E-state index is 0.0551. The van der Waals surface area contributed by atoms with Gasteiger partial charge >= 0.3 is 0 Å². The van der Waals surface area contributed by atoms with E-state index in [0.717, 1.165) is 22.8 Å². The Kier molecular flexibility index (Phi) is 5.07. The van der Waals surface area contributed by atoms with Crippen LogP contribution in [0.3, 0.4) is 0 Å². The first-order valence-electron chi connectivity index (χ1n) is 6.53. The largest absolute Gasteiger partial charge is 0.367 e. The average Bonchev–Trinajstić information content (AvgIpc) is 2.79. The summed E-state index contributed by atoms with van der Waals surface area (Å²) in [5, 5.41) is 4.22. The third-order valence-electron chi connectivity index (χ3n) is 2.91. The van der Waals surface area contributed by atoms with Crippen LogP contribution in [0.5, 0.6) is 0 Å². The second-order valence-corrected chi connectivity index (χ2v) is 5.45. The maximum absolute atomic E-state index is 5.89. The van der Waals surface area contributed by atoms with Crippen LogP contribution in [0.15, 0.2) is 30.3 Å². The van der Waals surface area contributed by atoms with Gasteiger partial charge in [0.2, 0.25) is 0 Å². The number of thiazole rings is 1. The number of hydrogen-bond donors (Lipinski definition) is 1. The topological polar surface area (TPSA) is 34.1 Å². The summed E-state index contributed by atoms with van der Waals surface area (Å²) in [6.07, 6.45) is -0.0551. The van der Waals surface area contributed by atoms with E-state index < -0.39 is 0 Å². The molecular weight excluding hydrogens is 256 g/mol. The molecule has 0 amide bonds. The minimum atomic E-state index is -0.0551. The third kappa shape index (κ3) is 3.41. The van der Waals surface area contributed by atoms with Crippen molar-refractivity contribution in [2.45, 2.75) is 26.5 Å². The molecule has 1 unspecified atom stereocenters. The maximum Gasteiger partial charge on any atom is 0.134 e. The van der Waals surface area contributed by atoms with Crippen molar-refractivity contribution in [3.8, 4) is 0 Å².